The van der Waals surface area contributed by atoms with E-state index >= 15 is 0 Å². The van der Waals surface area contributed by atoms with Gasteiger partial charge in [0, 0.05) is 0 Å². The molecule has 0 bridgehead atoms. The van der Waals surface area contributed by atoms with Crippen LogP contribution in [0.15, 0.2) is 24.3 Å². The van der Waals surface area contributed by atoms with E-state index in [1.165, 1.54) is 0 Å². The summed E-state index contributed by atoms with van der Waals surface area (Å²) in [6.45, 7) is 7.86. The summed E-state index contributed by atoms with van der Waals surface area (Å²) in [7, 11) is 0. The molecule has 1 heterocycles. The van der Waals surface area contributed by atoms with Crippen LogP contribution in [0.1, 0.15) is 27.7 Å². The summed E-state index contributed by atoms with van der Waals surface area (Å²) in [5.74, 6) is 0.480. The molecule has 0 aliphatic carbocycles. The van der Waals surface area contributed by atoms with Crippen LogP contribution in [0, 0.1) is 0 Å². The highest BCUT2D eigenvalue weighted by Gasteiger charge is 2.29. The van der Waals surface area contributed by atoms with Gasteiger partial charge < -0.3 is 19.7 Å². The highest BCUT2D eigenvalue weighted by Crippen LogP contribution is 2.31. The summed E-state index contributed by atoms with van der Waals surface area (Å²) in [5, 5.41) is 2.57. The number of alkyl carbamates (subject to hydrolysis) is 1. The van der Waals surface area contributed by atoms with Gasteiger partial charge in [-0.15, -0.1) is 0 Å². The quantitative estimate of drug-likeness (QED) is 0.910. The maximum atomic E-state index is 12.6. The van der Waals surface area contributed by atoms with Gasteiger partial charge in [0.05, 0.1) is 12.2 Å². The minimum Gasteiger partial charge on any atom is -0.490 e. The molecule has 0 spiro atoms. The van der Waals surface area contributed by atoms with E-state index in [-0.39, 0.29) is 5.91 Å². The van der Waals surface area contributed by atoms with E-state index in [9.17, 15) is 9.59 Å². The molecule has 6 nitrogen and oxygen atoms in total. The summed E-state index contributed by atoms with van der Waals surface area (Å²) in [4.78, 5) is 26.0. The molecular weight excluding hydrogens is 284 g/mol. The topological polar surface area (TPSA) is 67.9 Å². The van der Waals surface area contributed by atoms with Gasteiger partial charge in [-0.25, -0.2) is 4.79 Å². The van der Waals surface area contributed by atoms with Crippen molar-refractivity contribution >= 4 is 17.7 Å². The number of amides is 2. The lowest BCUT2D eigenvalue weighted by molar-refractivity contribution is -0.120. The second-order valence-corrected chi connectivity index (χ2v) is 6.17. The molecule has 1 aliphatic heterocycles. The van der Waals surface area contributed by atoms with E-state index in [1.54, 1.807) is 32.6 Å². The zero-order valence-corrected chi connectivity index (χ0v) is 13.4. The van der Waals surface area contributed by atoms with Crippen LogP contribution < -0.4 is 15.0 Å². The van der Waals surface area contributed by atoms with Crippen molar-refractivity contribution in [2.45, 2.75) is 39.3 Å². The highest BCUT2D eigenvalue weighted by molar-refractivity contribution is 5.99. The van der Waals surface area contributed by atoms with Crippen LogP contribution in [0.3, 0.4) is 0 Å². The molecule has 22 heavy (non-hydrogen) atoms. The van der Waals surface area contributed by atoms with Crippen LogP contribution >= 0.6 is 0 Å². The molecule has 1 aromatic rings. The van der Waals surface area contributed by atoms with E-state index in [2.05, 4.69) is 5.32 Å². The SMILES string of the molecule is C[C@H](NC(=O)OC(C)(C)C)C(=O)N1CCOc2ccccc21. The zero-order chi connectivity index (χ0) is 16.3. The van der Waals surface area contributed by atoms with Gasteiger partial charge in [0.2, 0.25) is 5.91 Å². The molecule has 1 atom stereocenters. The van der Waals surface area contributed by atoms with Gasteiger partial charge in [0.1, 0.15) is 24.0 Å². The van der Waals surface area contributed by atoms with Gasteiger partial charge in [0.15, 0.2) is 0 Å². The van der Waals surface area contributed by atoms with E-state index in [0.29, 0.717) is 18.9 Å². The largest absolute Gasteiger partial charge is 0.490 e. The Hall–Kier alpha value is -2.24. The third kappa shape index (κ3) is 3.90. The standard InChI is InChI=1S/C16H22N2O4/c1-11(17-15(20)22-16(2,3)4)14(19)18-9-10-21-13-8-6-5-7-12(13)18/h5-8,11H,9-10H2,1-4H3,(H,17,20)/t11-/m0/s1. The highest BCUT2D eigenvalue weighted by atomic mass is 16.6. The Labute approximate surface area is 130 Å². The first-order chi connectivity index (χ1) is 10.3. The summed E-state index contributed by atoms with van der Waals surface area (Å²) < 4.78 is 10.7. The van der Waals surface area contributed by atoms with Gasteiger partial charge in [-0.05, 0) is 39.8 Å². The third-order valence-corrected chi connectivity index (χ3v) is 3.10. The minimum atomic E-state index is -0.680. The average Bonchev–Trinajstić information content (AvgIpc) is 2.43. The van der Waals surface area contributed by atoms with E-state index in [4.69, 9.17) is 9.47 Å². The first-order valence-electron chi connectivity index (χ1n) is 7.30. The number of carbonyl (C=O) groups is 2. The lowest BCUT2D eigenvalue weighted by Gasteiger charge is -2.31. The lowest BCUT2D eigenvalue weighted by atomic mass is 10.2. The van der Waals surface area contributed by atoms with Crippen molar-refractivity contribution < 1.29 is 19.1 Å². The van der Waals surface area contributed by atoms with Crippen molar-refractivity contribution in [2.24, 2.45) is 0 Å². The third-order valence-electron chi connectivity index (χ3n) is 3.10. The second-order valence-electron chi connectivity index (χ2n) is 6.17. The molecule has 0 saturated heterocycles. The van der Waals surface area contributed by atoms with Crippen molar-refractivity contribution in [3.05, 3.63) is 24.3 Å². The lowest BCUT2D eigenvalue weighted by Crippen LogP contribution is -2.50. The first-order valence-corrected chi connectivity index (χ1v) is 7.30. The molecule has 2 amide bonds. The number of hydrogen-bond donors (Lipinski definition) is 1. The van der Waals surface area contributed by atoms with Crippen molar-refractivity contribution in [3.63, 3.8) is 0 Å². The fourth-order valence-electron chi connectivity index (χ4n) is 2.18. The normalized spacial score (nSPS) is 15.4. The molecule has 120 valence electrons. The molecule has 1 N–H and O–H groups in total. The summed E-state index contributed by atoms with van der Waals surface area (Å²) in [5.41, 5.74) is 0.120. The molecule has 0 saturated carbocycles. The predicted octanol–water partition coefficient (Wildman–Crippen LogP) is 2.33. The number of nitrogens with zero attached hydrogens (tertiary/aromatic N) is 1. The molecule has 0 radical (unpaired) electrons. The molecule has 0 fully saturated rings. The Balaban J connectivity index is 2.04. The summed E-state index contributed by atoms with van der Waals surface area (Å²) in [6.07, 6.45) is -0.602. The molecule has 1 aliphatic rings. The maximum Gasteiger partial charge on any atom is 0.408 e. The fraction of sp³-hybridized carbons (Fsp3) is 0.500. The smallest absolute Gasteiger partial charge is 0.408 e. The predicted molar refractivity (Wildman–Crippen MR) is 83.1 cm³/mol. The van der Waals surface area contributed by atoms with Gasteiger partial charge in [-0.2, -0.15) is 0 Å². The minimum absolute atomic E-state index is 0.193. The molecule has 0 aromatic heterocycles. The number of carbonyl (C=O) groups excluding carboxylic acids is 2. The number of ether oxygens (including phenoxy) is 2. The van der Waals surface area contributed by atoms with Crippen molar-refractivity contribution in [1.82, 2.24) is 5.32 Å². The number of anilines is 1. The van der Waals surface area contributed by atoms with Crippen molar-refractivity contribution in [2.75, 3.05) is 18.1 Å². The number of rotatable bonds is 2. The Morgan fingerprint density at radius 2 is 2.00 bits per heavy atom. The number of nitrogens with one attached hydrogen (secondary N) is 1. The zero-order valence-electron chi connectivity index (χ0n) is 13.4. The Bertz CT molecular complexity index is 566. The van der Waals surface area contributed by atoms with E-state index in [0.717, 1.165) is 5.69 Å². The summed E-state index contributed by atoms with van der Waals surface area (Å²) in [6, 6.07) is 6.67. The number of para-hydroxylation sites is 2. The van der Waals surface area contributed by atoms with Gasteiger partial charge in [-0.3, -0.25) is 4.79 Å². The van der Waals surface area contributed by atoms with Crippen LogP contribution in [0.5, 0.6) is 5.75 Å². The van der Waals surface area contributed by atoms with Crippen LogP contribution in [0.25, 0.3) is 0 Å². The number of hydrogen-bond acceptors (Lipinski definition) is 4. The monoisotopic (exact) mass is 306 g/mol. The van der Waals surface area contributed by atoms with Crippen molar-refractivity contribution in [1.29, 1.82) is 0 Å². The van der Waals surface area contributed by atoms with Crippen LogP contribution in [0.2, 0.25) is 0 Å². The van der Waals surface area contributed by atoms with Crippen molar-refractivity contribution in [3.8, 4) is 5.75 Å². The second kappa shape index (κ2) is 6.25. The van der Waals surface area contributed by atoms with Crippen LogP contribution in [0.4, 0.5) is 10.5 Å². The van der Waals surface area contributed by atoms with E-state index < -0.39 is 17.7 Å². The Morgan fingerprint density at radius 3 is 2.68 bits per heavy atom. The number of benzene rings is 1. The van der Waals surface area contributed by atoms with E-state index in [1.807, 2.05) is 24.3 Å². The number of fused-ring (bicyclic) bond motifs is 1. The fourth-order valence-corrected chi connectivity index (χ4v) is 2.18. The first kappa shape index (κ1) is 16.1. The maximum absolute atomic E-state index is 12.6. The van der Waals surface area contributed by atoms with Crippen LogP contribution in [-0.2, 0) is 9.53 Å². The molecule has 0 unspecified atom stereocenters. The van der Waals surface area contributed by atoms with Gasteiger partial charge in [0.25, 0.3) is 0 Å². The summed E-state index contributed by atoms with van der Waals surface area (Å²) >= 11 is 0. The Morgan fingerprint density at radius 1 is 1.32 bits per heavy atom. The molecule has 6 heteroatoms. The average molecular weight is 306 g/mol. The molecule has 2 rings (SSSR count). The van der Waals surface area contributed by atoms with Crippen LogP contribution in [-0.4, -0.2) is 36.8 Å². The molecular formula is C16H22N2O4. The van der Waals surface area contributed by atoms with Gasteiger partial charge in [-0.1, -0.05) is 12.1 Å². The van der Waals surface area contributed by atoms with Gasteiger partial charge >= 0.3 is 6.09 Å². The molecule has 1 aromatic carbocycles. The Kier molecular flexibility index (Phi) is 4.59.